The van der Waals surface area contributed by atoms with E-state index in [0.717, 1.165) is 6.42 Å². The summed E-state index contributed by atoms with van der Waals surface area (Å²) in [4.78, 5) is 0. The van der Waals surface area contributed by atoms with Crippen LogP contribution in [0.2, 0.25) is 0 Å². The molecule has 2 aromatic carbocycles. The maximum absolute atomic E-state index is 2.37. The smallest absolute Gasteiger partial charge is 1.00 e. The van der Waals surface area contributed by atoms with Crippen molar-refractivity contribution in [3.8, 4) is 11.1 Å². The van der Waals surface area contributed by atoms with Crippen LogP contribution in [0.25, 0.3) is 11.1 Å². The third-order valence-electron chi connectivity index (χ3n) is 3.92. The molecule has 19 heavy (non-hydrogen) atoms. The summed E-state index contributed by atoms with van der Waals surface area (Å²) in [6, 6.07) is 15.8. The fraction of sp³-hybridized carbons (Fsp3) is 0.111. The molecule has 0 aromatic heterocycles. The summed E-state index contributed by atoms with van der Waals surface area (Å²) in [6.45, 7) is 0. The van der Waals surface area contributed by atoms with Gasteiger partial charge in [-0.2, -0.15) is 0 Å². The van der Waals surface area contributed by atoms with Crippen molar-refractivity contribution in [1.82, 2.24) is 0 Å². The van der Waals surface area contributed by atoms with Crippen molar-refractivity contribution in [3.63, 3.8) is 0 Å². The van der Waals surface area contributed by atoms with Gasteiger partial charge in [-0.15, -0.1) is 0 Å². The van der Waals surface area contributed by atoms with Crippen LogP contribution in [0.4, 0.5) is 0 Å². The first kappa shape index (κ1) is 11.6. The summed E-state index contributed by atoms with van der Waals surface area (Å²) < 4.78 is 3.38. The van der Waals surface area contributed by atoms with Crippen LogP contribution in [0.1, 0.15) is 20.4 Å². The first-order chi connectivity index (χ1) is 9.42. The molecule has 0 fully saturated rings. The fourth-order valence-corrected chi connectivity index (χ4v) is 6.18. The third kappa shape index (κ3) is 2.01. The minimum atomic E-state index is -0.581. The Bertz CT molecular complexity index is 717. The summed E-state index contributed by atoms with van der Waals surface area (Å²) in [5.41, 5.74) is 6.06. The molecule has 0 saturated carbocycles. The van der Waals surface area contributed by atoms with E-state index < -0.39 is 23.2 Å². The average molecular weight is 324 g/mol. The van der Waals surface area contributed by atoms with Crippen LogP contribution in [-0.4, -0.2) is 0 Å². The minimum absolute atomic E-state index is 0. The maximum atomic E-state index is 2.37. The Hall–Kier alpha value is -1.20. The molecule has 2 aromatic rings. The van der Waals surface area contributed by atoms with Crippen LogP contribution in [0.3, 0.4) is 0 Å². The standard InChI is InChI=1S/C13H9.C5H5.Zr.2H/c1-3-7-12-10(5-1)9-11-6-2-4-8-13(11)12;1-2-4-5-3-1;;;/h1-5,7-8H,9H2;1-3H,4H2;;;/q;;+2;2*-1. The van der Waals surface area contributed by atoms with Crippen molar-refractivity contribution in [2.24, 2.45) is 0 Å². The van der Waals surface area contributed by atoms with Gasteiger partial charge in [-0.3, -0.25) is 0 Å². The molecule has 0 unspecified atom stereocenters. The topological polar surface area (TPSA) is 0 Å². The Morgan fingerprint density at radius 2 is 1.84 bits per heavy atom. The molecule has 0 radical (unpaired) electrons. The average Bonchev–Trinajstić information content (AvgIpc) is 3.06. The zero-order valence-corrected chi connectivity index (χ0v) is 13.1. The van der Waals surface area contributed by atoms with Crippen LogP contribution in [-0.2, 0) is 29.7 Å². The zero-order chi connectivity index (χ0) is 12.7. The molecule has 4 rings (SSSR count). The van der Waals surface area contributed by atoms with Gasteiger partial charge in [0.1, 0.15) is 0 Å². The Morgan fingerprint density at radius 3 is 2.74 bits per heavy atom. The molecule has 2 aliphatic carbocycles. The van der Waals surface area contributed by atoms with Gasteiger partial charge in [0, 0.05) is 0 Å². The van der Waals surface area contributed by atoms with E-state index in [1.807, 2.05) is 0 Å². The van der Waals surface area contributed by atoms with E-state index in [9.17, 15) is 0 Å². The Balaban J connectivity index is 0.000000807. The molecule has 0 amide bonds. The molecule has 0 N–H and O–H groups in total. The molecule has 92 valence electrons. The number of fused-ring (bicyclic) bond motifs is 3. The van der Waals surface area contributed by atoms with Crippen LogP contribution in [0.5, 0.6) is 0 Å². The third-order valence-corrected chi connectivity index (χ3v) is 7.43. The predicted octanol–water partition coefficient (Wildman–Crippen LogP) is 4.03. The van der Waals surface area contributed by atoms with Gasteiger partial charge in [-0.25, -0.2) is 0 Å². The van der Waals surface area contributed by atoms with E-state index in [0.29, 0.717) is 0 Å². The first-order valence-corrected chi connectivity index (χ1v) is 9.20. The molecular formula is C18H16Zr. The molecule has 0 atom stereocenters. The van der Waals surface area contributed by atoms with E-state index in [-0.39, 0.29) is 2.85 Å². The van der Waals surface area contributed by atoms with Crippen molar-refractivity contribution in [2.75, 3.05) is 0 Å². The van der Waals surface area contributed by atoms with E-state index >= 15 is 0 Å². The van der Waals surface area contributed by atoms with Gasteiger partial charge in [-0.05, 0) is 0 Å². The molecule has 0 nitrogen and oxygen atoms in total. The van der Waals surface area contributed by atoms with Crippen molar-refractivity contribution in [2.45, 2.75) is 12.8 Å². The van der Waals surface area contributed by atoms with Crippen molar-refractivity contribution < 1.29 is 26.1 Å². The molecular weight excluding hydrogens is 307 g/mol. The van der Waals surface area contributed by atoms with Gasteiger partial charge in [0.2, 0.25) is 0 Å². The summed E-state index contributed by atoms with van der Waals surface area (Å²) in [7, 11) is 0. The van der Waals surface area contributed by atoms with Crippen LogP contribution in [0.15, 0.2) is 64.0 Å². The van der Waals surface area contributed by atoms with Crippen LogP contribution in [0, 0.1) is 0 Å². The second kappa shape index (κ2) is 4.72. The summed E-state index contributed by atoms with van der Waals surface area (Å²) >= 11 is -0.581. The van der Waals surface area contributed by atoms with E-state index in [2.05, 4.69) is 60.7 Å². The molecule has 2 aliphatic rings. The number of allylic oxidation sites excluding steroid dienone is 4. The monoisotopic (exact) mass is 322 g/mol. The van der Waals surface area contributed by atoms with E-state index in [1.165, 1.54) is 23.1 Å². The SMILES string of the molecule is C1=CC[C]([Zr+2][c]2cccc3c2Cc2ccccc2-3)=C1.[H-].[H-]. The molecule has 0 aliphatic heterocycles. The minimum Gasteiger partial charge on any atom is -1.00 e. The van der Waals surface area contributed by atoms with Crippen molar-refractivity contribution in [3.05, 3.63) is 75.1 Å². The Morgan fingerprint density at radius 1 is 0.947 bits per heavy atom. The zero-order valence-electron chi connectivity index (χ0n) is 12.7. The second-order valence-electron chi connectivity index (χ2n) is 5.11. The molecule has 0 heterocycles. The first-order valence-electron chi connectivity index (χ1n) is 6.75. The molecule has 1 heteroatoms. The molecule has 0 spiro atoms. The van der Waals surface area contributed by atoms with Crippen molar-refractivity contribution in [1.29, 1.82) is 0 Å². The summed E-state index contributed by atoms with van der Waals surface area (Å²) in [5.74, 6) is 0. The maximum Gasteiger partial charge on any atom is -1.00 e. The number of rotatable bonds is 2. The van der Waals surface area contributed by atoms with Gasteiger partial charge in [0.05, 0.1) is 0 Å². The second-order valence-corrected chi connectivity index (χ2v) is 8.63. The predicted molar refractivity (Wildman–Crippen MR) is 78.4 cm³/mol. The molecule has 0 saturated heterocycles. The Labute approximate surface area is 128 Å². The van der Waals surface area contributed by atoms with E-state index in [1.54, 1.807) is 12.1 Å². The quantitative estimate of drug-likeness (QED) is 0.668. The molecule has 0 bridgehead atoms. The van der Waals surface area contributed by atoms with Gasteiger partial charge in [-0.1, -0.05) is 0 Å². The van der Waals surface area contributed by atoms with Gasteiger partial charge in [0.25, 0.3) is 0 Å². The largest absolute Gasteiger partial charge is 1.00 e. The van der Waals surface area contributed by atoms with Crippen molar-refractivity contribution >= 4 is 3.27 Å². The van der Waals surface area contributed by atoms with E-state index in [4.69, 9.17) is 0 Å². The van der Waals surface area contributed by atoms with Crippen LogP contribution >= 0.6 is 0 Å². The number of hydrogen-bond donors (Lipinski definition) is 0. The normalized spacial score (nSPS) is 14.8. The van der Waals surface area contributed by atoms with Gasteiger partial charge in [0.15, 0.2) is 0 Å². The summed E-state index contributed by atoms with van der Waals surface area (Å²) in [6.07, 6.45) is 9.18. The van der Waals surface area contributed by atoms with Crippen LogP contribution < -0.4 is 3.27 Å². The number of hydrogen-bond acceptors (Lipinski definition) is 0. The number of benzene rings is 2. The van der Waals surface area contributed by atoms with Gasteiger partial charge >= 0.3 is 126 Å². The fourth-order valence-electron chi connectivity index (χ4n) is 2.99. The van der Waals surface area contributed by atoms with Gasteiger partial charge < -0.3 is 2.85 Å². The Kier molecular flexibility index (Phi) is 2.89. The summed E-state index contributed by atoms with van der Waals surface area (Å²) in [5, 5.41) is 0.